The Balaban J connectivity index is 2.10. The highest BCUT2D eigenvalue weighted by Gasteiger charge is 2.22. The van der Waals surface area contributed by atoms with Crippen LogP contribution in [0.15, 0.2) is 48.5 Å². The van der Waals surface area contributed by atoms with Gasteiger partial charge in [0.1, 0.15) is 11.8 Å². The average Bonchev–Trinajstić information content (AvgIpc) is 2.61. The molecule has 0 aromatic heterocycles. The van der Waals surface area contributed by atoms with Gasteiger partial charge in [-0.3, -0.25) is 9.59 Å². The first kappa shape index (κ1) is 19.8. The fourth-order valence-electron chi connectivity index (χ4n) is 2.48. The monoisotopic (exact) mass is 374 g/mol. The average molecular weight is 375 g/mol. The van der Waals surface area contributed by atoms with Crippen molar-refractivity contribution < 1.29 is 14.3 Å². The number of ether oxygens (including phenoxy) is 1. The number of carbonyl (C=O) groups is 2. The van der Waals surface area contributed by atoms with Crippen LogP contribution in [0.3, 0.4) is 0 Å². The lowest BCUT2D eigenvalue weighted by Gasteiger charge is -2.20. The van der Waals surface area contributed by atoms with Gasteiger partial charge in [0.05, 0.1) is 7.11 Å². The van der Waals surface area contributed by atoms with E-state index in [0.29, 0.717) is 28.4 Å². The van der Waals surface area contributed by atoms with Gasteiger partial charge in [-0.2, -0.15) is 0 Å². The van der Waals surface area contributed by atoms with Gasteiger partial charge in [0.25, 0.3) is 5.91 Å². The van der Waals surface area contributed by atoms with Crippen LogP contribution in [0.1, 0.15) is 30.6 Å². The van der Waals surface area contributed by atoms with Crippen LogP contribution in [0.4, 0.5) is 5.69 Å². The number of anilines is 1. The standard InChI is InChI=1S/C20H23ClN2O3/c1-13(2)11-18(23-19(24)14-7-9-15(21)10-8-14)20(25)22-16-5-4-6-17(12-16)26-3/h4-10,12-13,18H,11H2,1-3H3,(H,22,25)(H,23,24). The van der Waals surface area contributed by atoms with E-state index in [9.17, 15) is 9.59 Å². The molecule has 0 saturated carbocycles. The summed E-state index contributed by atoms with van der Waals surface area (Å²) in [5.41, 5.74) is 1.07. The summed E-state index contributed by atoms with van der Waals surface area (Å²) < 4.78 is 5.16. The summed E-state index contributed by atoms with van der Waals surface area (Å²) >= 11 is 5.85. The predicted molar refractivity (Wildman–Crippen MR) is 104 cm³/mol. The molecule has 2 rings (SSSR count). The number of hydrogen-bond acceptors (Lipinski definition) is 3. The normalized spacial score (nSPS) is 11.7. The highest BCUT2D eigenvalue weighted by atomic mass is 35.5. The summed E-state index contributed by atoms with van der Waals surface area (Å²) in [5, 5.41) is 6.19. The zero-order chi connectivity index (χ0) is 19.1. The van der Waals surface area contributed by atoms with Crippen LogP contribution in [-0.2, 0) is 4.79 Å². The zero-order valence-electron chi connectivity index (χ0n) is 15.1. The smallest absolute Gasteiger partial charge is 0.251 e. The van der Waals surface area contributed by atoms with Gasteiger partial charge < -0.3 is 15.4 Å². The number of amides is 2. The largest absolute Gasteiger partial charge is 0.497 e. The van der Waals surface area contributed by atoms with Crippen LogP contribution in [0, 0.1) is 5.92 Å². The van der Waals surface area contributed by atoms with Gasteiger partial charge in [-0.05, 0) is 48.7 Å². The van der Waals surface area contributed by atoms with E-state index in [1.807, 2.05) is 13.8 Å². The number of nitrogens with one attached hydrogen (secondary N) is 2. The van der Waals surface area contributed by atoms with Gasteiger partial charge in [0, 0.05) is 22.3 Å². The fourth-order valence-corrected chi connectivity index (χ4v) is 2.60. The minimum Gasteiger partial charge on any atom is -0.497 e. The predicted octanol–water partition coefficient (Wildman–Crippen LogP) is 4.13. The number of carbonyl (C=O) groups excluding carboxylic acids is 2. The van der Waals surface area contributed by atoms with Crippen molar-refractivity contribution >= 4 is 29.1 Å². The molecule has 0 radical (unpaired) electrons. The molecule has 0 aliphatic rings. The van der Waals surface area contributed by atoms with Crippen LogP contribution in [0.5, 0.6) is 5.75 Å². The second-order valence-corrected chi connectivity index (χ2v) is 6.82. The first-order chi connectivity index (χ1) is 12.4. The van der Waals surface area contributed by atoms with Crippen molar-refractivity contribution in [3.8, 4) is 5.75 Å². The molecule has 6 heteroatoms. The van der Waals surface area contributed by atoms with E-state index in [1.54, 1.807) is 55.6 Å². The maximum Gasteiger partial charge on any atom is 0.251 e. The van der Waals surface area contributed by atoms with Gasteiger partial charge in [-0.1, -0.05) is 31.5 Å². The van der Waals surface area contributed by atoms with Gasteiger partial charge >= 0.3 is 0 Å². The Morgan fingerprint density at radius 1 is 1.12 bits per heavy atom. The third-order valence-electron chi connectivity index (χ3n) is 3.77. The van der Waals surface area contributed by atoms with Gasteiger partial charge in [-0.15, -0.1) is 0 Å². The fraction of sp³-hybridized carbons (Fsp3) is 0.300. The molecule has 2 N–H and O–H groups in total. The van der Waals surface area contributed by atoms with Crippen molar-refractivity contribution in [2.75, 3.05) is 12.4 Å². The molecular weight excluding hydrogens is 352 g/mol. The Bertz CT molecular complexity index is 760. The third kappa shape index (κ3) is 5.77. The molecule has 2 aromatic rings. The Labute approximate surface area is 158 Å². The van der Waals surface area contributed by atoms with Crippen molar-refractivity contribution in [1.82, 2.24) is 5.32 Å². The van der Waals surface area contributed by atoms with Crippen molar-refractivity contribution in [3.63, 3.8) is 0 Å². The zero-order valence-corrected chi connectivity index (χ0v) is 15.8. The van der Waals surface area contributed by atoms with Crippen LogP contribution in [0.25, 0.3) is 0 Å². The molecule has 5 nitrogen and oxygen atoms in total. The molecule has 0 fully saturated rings. The first-order valence-electron chi connectivity index (χ1n) is 8.40. The highest BCUT2D eigenvalue weighted by Crippen LogP contribution is 2.18. The van der Waals surface area contributed by atoms with E-state index >= 15 is 0 Å². The van der Waals surface area contributed by atoms with E-state index in [-0.39, 0.29) is 17.7 Å². The Hall–Kier alpha value is -2.53. The molecule has 138 valence electrons. The molecule has 2 aromatic carbocycles. The minimum absolute atomic E-state index is 0.238. The molecule has 26 heavy (non-hydrogen) atoms. The van der Waals surface area contributed by atoms with Gasteiger partial charge in [0.15, 0.2) is 0 Å². The molecule has 2 amide bonds. The molecule has 0 saturated heterocycles. The number of benzene rings is 2. The highest BCUT2D eigenvalue weighted by molar-refractivity contribution is 6.30. The summed E-state index contributed by atoms with van der Waals surface area (Å²) in [6, 6.07) is 13.0. The molecule has 1 unspecified atom stereocenters. The molecular formula is C20H23ClN2O3. The molecule has 0 heterocycles. The summed E-state index contributed by atoms with van der Waals surface area (Å²) in [7, 11) is 1.56. The van der Waals surface area contributed by atoms with E-state index in [4.69, 9.17) is 16.3 Å². The second kappa shape index (κ2) is 9.25. The van der Waals surface area contributed by atoms with E-state index in [0.717, 1.165) is 0 Å². The van der Waals surface area contributed by atoms with Crippen LogP contribution < -0.4 is 15.4 Å². The van der Waals surface area contributed by atoms with E-state index in [2.05, 4.69) is 10.6 Å². The van der Waals surface area contributed by atoms with Gasteiger partial charge in [-0.25, -0.2) is 0 Å². The lowest BCUT2D eigenvalue weighted by molar-refractivity contribution is -0.118. The summed E-state index contributed by atoms with van der Waals surface area (Å²) in [4.78, 5) is 25.1. The molecule has 0 aliphatic carbocycles. The van der Waals surface area contributed by atoms with Gasteiger partial charge in [0.2, 0.25) is 5.91 Å². The first-order valence-corrected chi connectivity index (χ1v) is 8.78. The molecule has 0 spiro atoms. The topological polar surface area (TPSA) is 67.4 Å². The lowest BCUT2D eigenvalue weighted by Crippen LogP contribution is -2.44. The molecule has 0 aliphatic heterocycles. The van der Waals surface area contributed by atoms with Crippen LogP contribution >= 0.6 is 11.6 Å². The summed E-state index contributed by atoms with van der Waals surface area (Å²) in [6.07, 6.45) is 0.523. The summed E-state index contributed by atoms with van der Waals surface area (Å²) in [5.74, 6) is 0.303. The van der Waals surface area contributed by atoms with Crippen molar-refractivity contribution in [1.29, 1.82) is 0 Å². The van der Waals surface area contributed by atoms with E-state index in [1.165, 1.54) is 0 Å². The van der Waals surface area contributed by atoms with Crippen molar-refractivity contribution in [2.24, 2.45) is 5.92 Å². The second-order valence-electron chi connectivity index (χ2n) is 6.38. The maximum absolute atomic E-state index is 12.7. The number of hydrogen-bond donors (Lipinski definition) is 2. The Morgan fingerprint density at radius 2 is 1.81 bits per heavy atom. The minimum atomic E-state index is -0.649. The van der Waals surface area contributed by atoms with E-state index < -0.39 is 6.04 Å². The van der Waals surface area contributed by atoms with Crippen molar-refractivity contribution in [3.05, 3.63) is 59.1 Å². The number of halogens is 1. The Kier molecular flexibility index (Phi) is 7.04. The van der Waals surface area contributed by atoms with Crippen LogP contribution in [-0.4, -0.2) is 25.0 Å². The molecule has 1 atom stereocenters. The van der Waals surface area contributed by atoms with Crippen LogP contribution in [0.2, 0.25) is 5.02 Å². The Morgan fingerprint density at radius 3 is 2.42 bits per heavy atom. The number of methoxy groups -OCH3 is 1. The maximum atomic E-state index is 12.7. The molecule has 0 bridgehead atoms. The van der Waals surface area contributed by atoms with Crippen molar-refractivity contribution in [2.45, 2.75) is 26.3 Å². The summed E-state index contributed by atoms with van der Waals surface area (Å²) in [6.45, 7) is 4.00. The quantitative estimate of drug-likeness (QED) is 0.765. The SMILES string of the molecule is COc1cccc(NC(=O)C(CC(C)C)NC(=O)c2ccc(Cl)cc2)c1. The number of rotatable bonds is 7. The third-order valence-corrected chi connectivity index (χ3v) is 4.02. The lowest BCUT2D eigenvalue weighted by atomic mass is 10.0.